The number of esters is 1. The highest BCUT2D eigenvalue weighted by Gasteiger charge is 2.22. The van der Waals surface area contributed by atoms with Gasteiger partial charge in [0.25, 0.3) is 5.69 Å². The number of carbonyl (C=O) groups is 1. The molecule has 7 nitrogen and oxygen atoms in total. The summed E-state index contributed by atoms with van der Waals surface area (Å²) in [5.41, 5.74) is 2.83. The van der Waals surface area contributed by atoms with Crippen LogP contribution in [0.4, 0.5) is 5.69 Å². The first kappa shape index (κ1) is 19.2. The zero-order valence-corrected chi connectivity index (χ0v) is 16.2. The molecule has 2 aromatic carbocycles. The largest absolute Gasteiger partial charge is 0.403 e. The molecule has 30 heavy (non-hydrogen) atoms. The summed E-state index contributed by atoms with van der Waals surface area (Å²) < 4.78 is 7.39. The van der Waals surface area contributed by atoms with Crippen LogP contribution in [-0.2, 0) is 16.1 Å². The number of nitro groups is 1. The van der Waals surface area contributed by atoms with Crippen LogP contribution in [0.1, 0.15) is 18.2 Å². The van der Waals surface area contributed by atoms with Crippen LogP contribution in [0.5, 0.6) is 0 Å². The Labute approximate surface area is 172 Å². The van der Waals surface area contributed by atoms with Crippen LogP contribution in [0.15, 0.2) is 77.4 Å². The monoisotopic (exact) mass is 400 g/mol. The number of ether oxygens (including phenoxy) is 1. The second-order valence-corrected chi connectivity index (χ2v) is 6.61. The van der Waals surface area contributed by atoms with Gasteiger partial charge < -0.3 is 4.74 Å². The first-order valence-corrected chi connectivity index (χ1v) is 9.42. The molecule has 4 rings (SSSR count). The Morgan fingerprint density at radius 2 is 1.83 bits per heavy atom. The molecule has 0 aliphatic carbocycles. The summed E-state index contributed by atoms with van der Waals surface area (Å²) in [7, 11) is 0. The lowest BCUT2D eigenvalue weighted by atomic mass is 10.2. The predicted molar refractivity (Wildman–Crippen MR) is 113 cm³/mol. The molecule has 0 unspecified atom stereocenters. The first-order chi connectivity index (χ1) is 14.5. The summed E-state index contributed by atoms with van der Waals surface area (Å²) in [4.78, 5) is 26.6. The van der Waals surface area contributed by atoms with Crippen molar-refractivity contribution in [1.82, 2.24) is 0 Å². The lowest BCUT2D eigenvalue weighted by molar-refractivity contribution is -0.669. The molecule has 0 amide bonds. The molecule has 0 saturated carbocycles. The number of aliphatic imine (C=N–C) groups is 1. The van der Waals surface area contributed by atoms with E-state index in [0.717, 1.165) is 23.1 Å². The molecule has 0 atom stereocenters. The molecule has 0 bridgehead atoms. The smallest absolute Gasteiger partial charge is 0.363 e. The number of fused-ring (bicyclic) bond motifs is 1. The summed E-state index contributed by atoms with van der Waals surface area (Å²) in [5.74, 6) is -0.362. The SMILES string of the molecule is CC[n+]1c(/C=C/C2=NC(=C/c3ccc([N+](=O)[O-])cc3)/C(=O)O2)ccc2ccccc21. The molecule has 0 fully saturated rings. The van der Waals surface area contributed by atoms with Crippen molar-refractivity contribution in [1.29, 1.82) is 0 Å². The van der Waals surface area contributed by atoms with Gasteiger partial charge in [-0.2, -0.15) is 4.57 Å². The minimum atomic E-state index is -0.560. The van der Waals surface area contributed by atoms with E-state index < -0.39 is 10.9 Å². The van der Waals surface area contributed by atoms with Gasteiger partial charge in [0.15, 0.2) is 5.70 Å². The molecule has 1 aliphatic heterocycles. The maximum atomic E-state index is 12.1. The fourth-order valence-corrected chi connectivity index (χ4v) is 3.28. The van der Waals surface area contributed by atoms with E-state index in [4.69, 9.17) is 4.74 Å². The van der Waals surface area contributed by atoms with Crippen molar-refractivity contribution in [2.45, 2.75) is 13.5 Å². The van der Waals surface area contributed by atoms with Crippen molar-refractivity contribution in [3.05, 3.63) is 93.8 Å². The Bertz CT molecular complexity index is 1240. The third kappa shape index (κ3) is 3.86. The number of aromatic nitrogens is 1. The van der Waals surface area contributed by atoms with Crippen LogP contribution in [0.3, 0.4) is 0 Å². The Morgan fingerprint density at radius 1 is 1.07 bits per heavy atom. The Balaban J connectivity index is 1.60. The number of non-ortho nitro benzene ring substituents is 1. The second-order valence-electron chi connectivity index (χ2n) is 6.61. The predicted octanol–water partition coefficient (Wildman–Crippen LogP) is 4.07. The summed E-state index contributed by atoms with van der Waals surface area (Å²) in [6.45, 7) is 2.86. The zero-order valence-electron chi connectivity index (χ0n) is 16.2. The summed E-state index contributed by atoms with van der Waals surface area (Å²) in [5, 5.41) is 11.9. The van der Waals surface area contributed by atoms with Crippen molar-refractivity contribution in [3.8, 4) is 0 Å². The summed E-state index contributed by atoms with van der Waals surface area (Å²) >= 11 is 0. The number of benzene rings is 2. The molecule has 7 heteroatoms. The third-order valence-electron chi connectivity index (χ3n) is 4.73. The number of para-hydroxylation sites is 1. The molecule has 2 heterocycles. The van der Waals surface area contributed by atoms with Crippen LogP contribution < -0.4 is 4.57 Å². The van der Waals surface area contributed by atoms with Crippen molar-refractivity contribution >= 4 is 40.6 Å². The van der Waals surface area contributed by atoms with E-state index in [2.05, 4.69) is 28.6 Å². The maximum absolute atomic E-state index is 12.1. The Hall–Kier alpha value is -4.13. The van der Waals surface area contributed by atoms with Crippen molar-refractivity contribution in [2.75, 3.05) is 0 Å². The van der Waals surface area contributed by atoms with Crippen molar-refractivity contribution in [3.63, 3.8) is 0 Å². The van der Waals surface area contributed by atoms with E-state index in [1.807, 2.05) is 30.3 Å². The van der Waals surface area contributed by atoms with Crippen LogP contribution in [0.2, 0.25) is 0 Å². The number of aryl methyl sites for hydroxylation is 1. The van der Waals surface area contributed by atoms with Gasteiger partial charge in [0, 0.05) is 41.8 Å². The van der Waals surface area contributed by atoms with Gasteiger partial charge in [0.2, 0.25) is 17.1 Å². The highest BCUT2D eigenvalue weighted by atomic mass is 16.6. The summed E-state index contributed by atoms with van der Waals surface area (Å²) in [6, 6.07) is 18.0. The van der Waals surface area contributed by atoms with Crippen molar-refractivity contribution in [2.24, 2.45) is 4.99 Å². The molecular formula is C23H18N3O4+. The second kappa shape index (κ2) is 8.08. The molecule has 0 saturated heterocycles. The average Bonchev–Trinajstić information content (AvgIpc) is 3.11. The Kier molecular flexibility index (Phi) is 5.17. The molecule has 3 aromatic rings. The standard InChI is InChI=1S/C23H18N3O4/c1-2-25-18(12-9-17-5-3-4-6-21(17)25)13-14-22-24-20(23(27)30-22)15-16-7-10-19(11-8-16)26(28)29/h3-15H,2H2,1H3/q+1/b14-13+,20-15+. The number of nitro benzene ring substituents is 1. The number of carbonyl (C=O) groups excluding carboxylic acids is 1. The number of pyridine rings is 1. The van der Waals surface area contributed by atoms with Crippen LogP contribution in [0.25, 0.3) is 23.1 Å². The van der Waals surface area contributed by atoms with Gasteiger partial charge in [-0.25, -0.2) is 9.79 Å². The fourth-order valence-electron chi connectivity index (χ4n) is 3.28. The van der Waals surface area contributed by atoms with E-state index in [1.54, 1.807) is 18.2 Å². The molecule has 1 aliphatic rings. The molecule has 148 valence electrons. The zero-order chi connectivity index (χ0) is 21.1. The minimum absolute atomic E-state index is 0.0158. The van der Waals surface area contributed by atoms with Gasteiger partial charge in [-0.05, 0) is 42.8 Å². The number of hydrogen-bond acceptors (Lipinski definition) is 5. The van der Waals surface area contributed by atoms with Gasteiger partial charge in [-0.3, -0.25) is 10.1 Å². The highest BCUT2D eigenvalue weighted by Crippen LogP contribution is 2.19. The number of rotatable bonds is 5. The van der Waals surface area contributed by atoms with Gasteiger partial charge in [0.1, 0.15) is 6.54 Å². The molecule has 1 aromatic heterocycles. The number of hydrogen-bond donors (Lipinski definition) is 0. The minimum Gasteiger partial charge on any atom is -0.403 e. The van der Waals surface area contributed by atoms with E-state index in [0.29, 0.717) is 5.56 Å². The van der Waals surface area contributed by atoms with Crippen LogP contribution in [-0.4, -0.2) is 16.8 Å². The highest BCUT2D eigenvalue weighted by molar-refractivity contribution is 6.11. The van der Waals surface area contributed by atoms with E-state index in [1.165, 1.54) is 18.2 Å². The first-order valence-electron chi connectivity index (χ1n) is 9.42. The molecule has 0 N–H and O–H groups in total. The normalized spacial score (nSPS) is 15.0. The van der Waals surface area contributed by atoms with Gasteiger partial charge >= 0.3 is 5.97 Å². The quantitative estimate of drug-likeness (QED) is 0.212. The van der Waals surface area contributed by atoms with Gasteiger partial charge in [0.05, 0.1) is 4.92 Å². The molecule has 0 spiro atoms. The average molecular weight is 400 g/mol. The van der Waals surface area contributed by atoms with Crippen LogP contribution >= 0.6 is 0 Å². The fraction of sp³-hybridized carbons (Fsp3) is 0.0870. The van der Waals surface area contributed by atoms with Gasteiger partial charge in [-0.1, -0.05) is 12.1 Å². The van der Waals surface area contributed by atoms with E-state index in [-0.39, 0.29) is 17.3 Å². The lowest BCUT2D eigenvalue weighted by Crippen LogP contribution is -2.36. The van der Waals surface area contributed by atoms with E-state index in [9.17, 15) is 14.9 Å². The summed E-state index contributed by atoms with van der Waals surface area (Å²) in [6.07, 6.45) is 5.05. The Morgan fingerprint density at radius 3 is 2.57 bits per heavy atom. The number of cyclic esters (lactones) is 1. The lowest BCUT2D eigenvalue weighted by Gasteiger charge is -2.02. The third-order valence-corrected chi connectivity index (χ3v) is 4.73. The maximum Gasteiger partial charge on any atom is 0.363 e. The van der Waals surface area contributed by atoms with Crippen molar-refractivity contribution < 1.29 is 19.0 Å². The van der Waals surface area contributed by atoms with E-state index >= 15 is 0 Å². The topological polar surface area (TPSA) is 85.7 Å². The van der Waals surface area contributed by atoms with Crippen LogP contribution in [0, 0.1) is 10.1 Å². The molecular weight excluding hydrogens is 382 g/mol. The molecule has 0 radical (unpaired) electrons. The van der Waals surface area contributed by atoms with Gasteiger partial charge in [-0.15, -0.1) is 0 Å². The number of nitrogens with zero attached hydrogens (tertiary/aromatic N) is 3.